The van der Waals surface area contributed by atoms with Gasteiger partial charge in [-0.25, -0.2) is 9.18 Å². The second-order valence-corrected chi connectivity index (χ2v) is 7.29. The van der Waals surface area contributed by atoms with Gasteiger partial charge >= 0.3 is 12.3 Å². The van der Waals surface area contributed by atoms with Crippen LogP contribution in [-0.4, -0.2) is 36.3 Å². The van der Waals surface area contributed by atoms with Gasteiger partial charge in [-0.3, -0.25) is 4.90 Å². The topological polar surface area (TPSA) is 38.8 Å². The van der Waals surface area contributed by atoms with E-state index in [-0.39, 0.29) is 25.9 Å². The Morgan fingerprint density at radius 2 is 1.90 bits per heavy atom. The molecule has 2 atom stereocenters. The Hall–Kier alpha value is -2.87. The minimum Gasteiger partial charge on any atom is -0.445 e. The standard InChI is InChI=1S/C22H19F4NO3/c23-20-10-15(6-7-19(20)22(24,25)26)16-8-17-12-29-13-18(9-16)27(17)21(28)30-11-14-4-2-1-3-5-14/h1-8,10,17-18H,9,11-13H2. The maximum Gasteiger partial charge on any atom is 0.419 e. The zero-order valence-electron chi connectivity index (χ0n) is 15.9. The number of carbonyl (C=O) groups excluding carboxylic acids is 1. The van der Waals surface area contributed by atoms with Crippen molar-refractivity contribution < 1.29 is 31.8 Å². The van der Waals surface area contributed by atoms with Crippen LogP contribution in [0.2, 0.25) is 0 Å². The Balaban J connectivity index is 1.52. The maximum atomic E-state index is 14.0. The number of hydrogen-bond donors (Lipinski definition) is 0. The van der Waals surface area contributed by atoms with Gasteiger partial charge in [0.2, 0.25) is 0 Å². The summed E-state index contributed by atoms with van der Waals surface area (Å²) in [6, 6.07) is 11.4. The summed E-state index contributed by atoms with van der Waals surface area (Å²) >= 11 is 0. The number of fused-ring (bicyclic) bond motifs is 2. The Kier molecular flexibility index (Phi) is 5.51. The average molecular weight is 421 g/mol. The molecule has 1 saturated heterocycles. The minimum atomic E-state index is -4.74. The quantitative estimate of drug-likeness (QED) is 0.652. The molecule has 4 nitrogen and oxygen atoms in total. The number of hydrogen-bond acceptors (Lipinski definition) is 3. The monoisotopic (exact) mass is 421 g/mol. The van der Waals surface area contributed by atoms with Crippen molar-refractivity contribution in [2.45, 2.75) is 31.3 Å². The summed E-state index contributed by atoms with van der Waals surface area (Å²) in [6.07, 6.45) is -3.15. The SMILES string of the molecule is O=C(OCc1ccccc1)N1C2C=C(c3ccc(C(F)(F)F)c(F)c3)CC1COC2. The van der Waals surface area contributed by atoms with E-state index in [1.807, 2.05) is 30.3 Å². The van der Waals surface area contributed by atoms with Crippen molar-refractivity contribution in [2.24, 2.45) is 0 Å². The molecule has 2 unspecified atom stereocenters. The number of benzene rings is 2. The van der Waals surface area contributed by atoms with Gasteiger partial charge < -0.3 is 9.47 Å². The summed E-state index contributed by atoms with van der Waals surface area (Å²) in [5, 5.41) is 0. The lowest BCUT2D eigenvalue weighted by Crippen LogP contribution is -2.56. The summed E-state index contributed by atoms with van der Waals surface area (Å²) in [6.45, 7) is 0.651. The van der Waals surface area contributed by atoms with Gasteiger partial charge in [-0.2, -0.15) is 13.2 Å². The highest BCUT2D eigenvalue weighted by Gasteiger charge is 2.39. The molecule has 2 bridgehead atoms. The van der Waals surface area contributed by atoms with Crippen LogP contribution >= 0.6 is 0 Å². The molecule has 30 heavy (non-hydrogen) atoms. The van der Waals surface area contributed by atoms with Crippen molar-refractivity contribution in [3.05, 3.63) is 77.1 Å². The minimum absolute atomic E-state index is 0.136. The largest absolute Gasteiger partial charge is 0.445 e. The number of amides is 1. The molecule has 2 aromatic rings. The van der Waals surface area contributed by atoms with Crippen molar-refractivity contribution in [1.29, 1.82) is 0 Å². The van der Waals surface area contributed by atoms with Gasteiger partial charge in [0.15, 0.2) is 0 Å². The van der Waals surface area contributed by atoms with E-state index in [9.17, 15) is 22.4 Å². The van der Waals surface area contributed by atoms with Crippen LogP contribution in [0.4, 0.5) is 22.4 Å². The first-order chi connectivity index (χ1) is 14.3. The highest BCUT2D eigenvalue weighted by atomic mass is 19.4. The highest BCUT2D eigenvalue weighted by molar-refractivity contribution is 5.74. The summed E-state index contributed by atoms with van der Waals surface area (Å²) in [5.41, 5.74) is 0.626. The molecule has 0 spiro atoms. The summed E-state index contributed by atoms with van der Waals surface area (Å²) in [4.78, 5) is 14.3. The number of rotatable bonds is 3. The lowest BCUT2D eigenvalue weighted by Gasteiger charge is -2.43. The number of morpholine rings is 1. The summed E-state index contributed by atoms with van der Waals surface area (Å²) in [5.74, 6) is -1.31. The molecule has 8 heteroatoms. The molecule has 0 N–H and O–H groups in total. The molecule has 2 aliphatic rings. The molecule has 2 heterocycles. The zero-order valence-corrected chi connectivity index (χ0v) is 15.9. The van der Waals surface area contributed by atoms with Gasteiger partial charge in [-0.05, 0) is 35.3 Å². The Bertz CT molecular complexity index is 959. The van der Waals surface area contributed by atoms with Crippen LogP contribution in [0.15, 0.2) is 54.6 Å². The van der Waals surface area contributed by atoms with Crippen molar-refractivity contribution in [3.8, 4) is 0 Å². The number of ether oxygens (including phenoxy) is 2. The summed E-state index contributed by atoms with van der Waals surface area (Å²) in [7, 11) is 0. The molecule has 0 aromatic heterocycles. The number of alkyl halides is 3. The molecule has 4 rings (SSSR count). The van der Waals surface area contributed by atoms with Crippen molar-refractivity contribution in [1.82, 2.24) is 4.90 Å². The lowest BCUT2D eigenvalue weighted by molar-refractivity contribution is -0.140. The van der Waals surface area contributed by atoms with E-state index in [4.69, 9.17) is 9.47 Å². The smallest absolute Gasteiger partial charge is 0.419 e. The van der Waals surface area contributed by atoms with Gasteiger partial charge in [0.1, 0.15) is 12.4 Å². The maximum absolute atomic E-state index is 14.0. The van der Waals surface area contributed by atoms with E-state index >= 15 is 0 Å². The number of carbonyl (C=O) groups is 1. The fourth-order valence-electron chi connectivity index (χ4n) is 3.83. The molecule has 158 valence electrons. The zero-order chi connectivity index (χ0) is 21.3. The van der Waals surface area contributed by atoms with Gasteiger partial charge in [0.25, 0.3) is 0 Å². The molecule has 1 fully saturated rings. The molecule has 0 aliphatic carbocycles. The van der Waals surface area contributed by atoms with E-state index in [1.165, 1.54) is 6.07 Å². The van der Waals surface area contributed by atoms with Crippen LogP contribution in [0.5, 0.6) is 0 Å². The van der Waals surface area contributed by atoms with Crippen LogP contribution in [0, 0.1) is 5.82 Å². The molecular formula is C22H19F4NO3. The third-order valence-corrected chi connectivity index (χ3v) is 5.26. The predicted molar refractivity (Wildman–Crippen MR) is 101 cm³/mol. The fourth-order valence-corrected chi connectivity index (χ4v) is 3.83. The van der Waals surface area contributed by atoms with Crippen LogP contribution in [0.25, 0.3) is 5.57 Å². The van der Waals surface area contributed by atoms with Crippen molar-refractivity contribution in [2.75, 3.05) is 13.2 Å². The van der Waals surface area contributed by atoms with Crippen LogP contribution in [-0.2, 0) is 22.3 Å². The second kappa shape index (κ2) is 8.10. The number of halogens is 4. The third-order valence-electron chi connectivity index (χ3n) is 5.26. The van der Waals surface area contributed by atoms with E-state index < -0.39 is 29.7 Å². The van der Waals surface area contributed by atoms with Gasteiger partial charge in [-0.15, -0.1) is 0 Å². The average Bonchev–Trinajstić information content (AvgIpc) is 2.70. The first kappa shape index (κ1) is 20.4. The normalized spacial score (nSPS) is 21.2. The highest BCUT2D eigenvalue weighted by Crippen LogP contribution is 2.36. The van der Waals surface area contributed by atoms with Crippen LogP contribution in [0.3, 0.4) is 0 Å². The van der Waals surface area contributed by atoms with Gasteiger partial charge in [0, 0.05) is 0 Å². The van der Waals surface area contributed by atoms with Crippen LogP contribution in [0.1, 0.15) is 23.1 Å². The van der Waals surface area contributed by atoms with E-state index in [0.29, 0.717) is 17.6 Å². The van der Waals surface area contributed by atoms with E-state index in [2.05, 4.69) is 0 Å². The van der Waals surface area contributed by atoms with E-state index in [0.717, 1.165) is 17.7 Å². The second-order valence-electron chi connectivity index (χ2n) is 7.29. The first-order valence-electron chi connectivity index (χ1n) is 9.47. The molecule has 1 amide bonds. The van der Waals surface area contributed by atoms with E-state index in [1.54, 1.807) is 11.0 Å². The number of nitrogens with zero attached hydrogens (tertiary/aromatic N) is 1. The lowest BCUT2D eigenvalue weighted by atomic mass is 9.89. The first-order valence-corrected chi connectivity index (χ1v) is 9.47. The predicted octanol–water partition coefficient (Wildman–Crippen LogP) is 5.04. The van der Waals surface area contributed by atoms with Crippen molar-refractivity contribution >= 4 is 11.7 Å². The van der Waals surface area contributed by atoms with Crippen molar-refractivity contribution in [3.63, 3.8) is 0 Å². The molecule has 2 aromatic carbocycles. The van der Waals surface area contributed by atoms with Gasteiger partial charge in [0.05, 0.1) is 30.9 Å². The Morgan fingerprint density at radius 1 is 1.13 bits per heavy atom. The molecule has 2 aliphatic heterocycles. The third kappa shape index (κ3) is 4.18. The van der Waals surface area contributed by atoms with Gasteiger partial charge in [-0.1, -0.05) is 42.5 Å². The Morgan fingerprint density at radius 3 is 2.57 bits per heavy atom. The summed E-state index contributed by atoms with van der Waals surface area (Å²) < 4.78 is 63.4. The molecule has 0 radical (unpaired) electrons. The Labute approximate surface area is 170 Å². The molecule has 0 saturated carbocycles. The molecular weight excluding hydrogens is 402 g/mol. The fraction of sp³-hybridized carbons (Fsp3) is 0.318. The van der Waals surface area contributed by atoms with Crippen LogP contribution < -0.4 is 0 Å².